The van der Waals surface area contributed by atoms with Crippen LogP contribution >= 0.6 is 31.9 Å². The maximum Gasteiger partial charge on any atom is 0.254 e. The highest BCUT2D eigenvalue weighted by atomic mass is 79.9. The van der Waals surface area contributed by atoms with Gasteiger partial charge in [-0.05, 0) is 41.1 Å². The van der Waals surface area contributed by atoms with Gasteiger partial charge in [-0.1, -0.05) is 15.9 Å². The standard InChI is InChI=1S/C11H13Br2NO2/c1-7(15)6-14(2)11(16)9-5-8(12)3-4-10(9)13/h3-5,7,15H,6H2,1-2H3. The van der Waals surface area contributed by atoms with Gasteiger partial charge in [-0.2, -0.15) is 0 Å². The van der Waals surface area contributed by atoms with Gasteiger partial charge in [0.25, 0.3) is 5.91 Å². The van der Waals surface area contributed by atoms with Gasteiger partial charge in [-0.25, -0.2) is 0 Å². The lowest BCUT2D eigenvalue weighted by molar-refractivity contribution is 0.0703. The van der Waals surface area contributed by atoms with E-state index in [4.69, 9.17) is 0 Å². The van der Waals surface area contributed by atoms with Crippen molar-refractivity contribution in [2.45, 2.75) is 13.0 Å². The molecule has 1 atom stereocenters. The smallest absolute Gasteiger partial charge is 0.254 e. The van der Waals surface area contributed by atoms with Crippen LogP contribution in [0.2, 0.25) is 0 Å². The largest absolute Gasteiger partial charge is 0.392 e. The maximum absolute atomic E-state index is 12.0. The molecular weight excluding hydrogens is 338 g/mol. The van der Waals surface area contributed by atoms with Crippen molar-refractivity contribution in [3.8, 4) is 0 Å². The molecule has 5 heteroatoms. The summed E-state index contributed by atoms with van der Waals surface area (Å²) >= 11 is 6.66. The van der Waals surface area contributed by atoms with Crippen LogP contribution in [-0.4, -0.2) is 35.6 Å². The minimum atomic E-state index is -0.528. The average Bonchev–Trinajstić information content (AvgIpc) is 2.19. The maximum atomic E-state index is 12.0. The van der Waals surface area contributed by atoms with Gasteiger partial charge in [0, 0.05) is 22.5 Å². The minimum Gasteiger partial charge on any atom is -0.392 e. The second kappa shape index (κ2) is 5.80. The van der Waals surface area contributed by atoms with Crippen LogP contribution in [0.1, 0.15) is 17.3 Å². The first-order chi connectivity index (χ1) is 7.41. The number of hydrogen-bond donors (Lipinski definition) is 1. The fraction of sp³-hybridized carbons (Fsp3) is 0.364. The van der Waals surface area contributed by atoms with Crippen molar-refractivity contribution in [3.05, 3.63) is 32.7 Å². The number of halogens is 2. The van der Waals surface area contributed by atoms with Gasteiger partial charge in [0.2, 0.25) is 0 Å². The molecule has 0 fully saturated rings. The Morgan fingerprint density at radius 1 is 1.50 bits per heavy atom. The summed E-state index contributed by atoms with van der Waals surface area (Å²) in [6.45, 7) is 1.97. The van der Waals surface area contributed by atoms with Crippen LogP contribution in [0.25, 0.3) is 0 Å². The molecule has 3 nitrogen and oxygen atoms in total. The summed E-state index contributed by atoms with van der Waals surface area (Å²) in [4.78, 5) is 13.5. The highest BCUT2D eigenvalue weighted by molar-refractivity contribution is 9.11. The van der Waals surface area contributed by atoms with Gasteiger partial charge >= 0.3 is 0 Å². The molecule has 0 saturated heterocycles. The first-order valence-electron chi connectivity index (χ1n) is 4.80. The Labute approximate surface area is 112 Å². The molecule has 1 unspecified atom stereocenters. The number of rotatable bonds is 3. The molecule has 0 radical (unpaired) electrons. The predicted octanol–water partition coefficient (Wildman–Crippen LogP) is 2.66. The predicted molar refractivity (Wildman–Crippen MR) is 70.5 cm³/mol. The lowest BCUT2D eigenvalue weighted by Crippen LogP contribution is -2.33. The zero-order chi connectivity index (χ0) is 12.3. The Morgan fingerprint density at radius 3 is 2.69 bits per heavy atom. The van der Waals surface area contributed by atoms with Crippen LogP contribution in [0.5, 0.6) is 0 Å². The average molecular weight is 351 g/mol. The molecule has 0 saturated carbocycles. The van der Waals surface area contributed by atoms with Gasteiger partial charge in [-0.15, -0.1) is 0 Å². The number of benzene rings is 1. The van der Waals surface area contributed by atoms with Crippen molar-refractivity contribution in [3.63, 3.8) is 0 Å². The van der Waals surface area contributed by atoms with E-state index in [1.54, 1.807) is 20.0 Å². The van der Waals surface area contributed by atoms with Crippen LogP contribution in [0.3, 0.4) is 0 Å². The SMILES string of the molecule is CC(O)CN(C)C(=O)c1cc(Br)ccc1Br. The summed E-state index contributed by atoms with van der Waals surface area (Å²) in [5, 5.41) is 9.23. The first-order valence-corrected chi connectivity index (χ1v) is 6.39. The monoisotopic (exact) mass is 349 g/mol. The molecule has 0 aromatic heterocycles. The topological polar surface area (TPSA) is 40.5 Å². The summed E-state index contributed by atoms with van der Waals surface area (Å²) < 4.78 is 1.60. The van der Waals surface area contributed by atoms with Crippen molar-refractivity contribution >= 4 is 37.8 Å². The van der Waals surface area contributed by atoms with Crippen LogP contribution < -0.4 is 0 Å². The van der Waals surface area contributed by atoms with Gasteiger partial charge in [-0.3, -0.25) is 4.79 Å². The van der Waals surface area contributed by atoms with E-state index in [-0.39, 0.29) is 5.91 Å². The third-order valence-electron chi connectivity index (χ3n) is 2.04. The van der Waals surface area contributed by atoms with Gasteiger partial charge in [0.15, 0.2) is 0 Å². The van der Waals surface area contributed by atoms with E-state index < -0.39 is 6.10 Å². The number of carbonyl (C=O) groups excluding carboxylic acids is 1. The zero-order valence-electron chi connectivity index (χ0n) is 9.08. The molecule has 0 aliphatic heterocycles. The van der Waals surface area contributed by atoms with Gasteiger partial charge in [0.05, 0.1) is 11.7 Å². The number of aliphatic hydroxyl groups excluding tert-OH is 1. The van der Waals surface area contributed by atoms with E-state index in [9.17, 15) is 9.90 Å². The summed E-state index contributed by atoms with van der Waals surface area (Å²) in [6.07, 6.45) is -0.528. The number of nitrogens with zero attached hydrogens (tertiary/aromatic N) is 1. The van der Waals surface area contributed by atoms with Crippen molar-refractivity contribution in [1.29, 1.82) is 0 Å². The second-order valence-corrected chi connectivity index (χ2v) is 5.43. The number of carbonyl (C=O) groups is 1. The highest BCUT2D eigenvalue weighted by Gasteiger charge is 2.16. The van der Waals surface area contributed by atoms with Gasteiger partial charge < -0.3 is 10.0 Å². The first kappa shape index (κ1) is 13.7. The van der Waals surface area contributed by atoms with E-state index in [2.05, 4.69) is 31.9 Å². The van der Waals surface area contributed by atoms with Crippen LogP contribution in [0.15, 0.2) is 27.1 Å². The molecule has 1 amide bonds. The highest BCUT2D eigenvalue weighted by Crippen LogP contribution is 2.22. The van der Waals surface area contributed by atoms with E-state index >= 15 is 0 Å². The van der Waals surface area contributed by atoms with Crippen molar-refractivity contribution < 1.29 is 9.90 Å². The Balaban J connectivity index is 2.91. The van der Waals surface area contributed by atoms with E-state index in [1.807, 2.05) is 12.1 Å². The van der Waals surface area contributed by atoms with E-state index in [0.29, 0.717) is 12.1 Å². The lowest BCUT2D eigenvalue weighted by Gasteiger charge is -2.19. The Morgan fingerprint density at radius 2 is 2.12 bits per heavy atom. The van der Waals surface area contributed by atoms with Crippen LogP contribution in [0, 0.1) is 0 Å². The summed E-state index contributed by atoms with van der Waals surface area (Å²) in [7, 11) is 1.67. The molecule has 1 N–H and O–H groups in total. The Bertz CT molecular complexity index is 394. The van der Waals surface area contributed by atoms with Gasteiger partial charge in [0.1, 0.15) is 0 Å². The second-order valence-electron chi connectivity index (χ2n) is 3.66. The Kier molecular flexibility index (Phi) is 4.95. The fourth-order valence-corrected chi connectivity index (χ4v) is 2.12. The molecule has 1 aromatic carbocycles. The molecule has 0 bridgehead atoms. The van der Waals surface area contributed by atoms with Crippen LogP contribution in [0.4, 0.5) is 0 Å². The number of amides is 1. The number of hydrogen-bond acceptors (Lipinski definition) is 2. The normalized spacial score (nSPS) is 12.3. The van der Waals surface area contributed by atoms with Crippen LogP contribution in [-0.2, 0) is 0 Å². The van der Waals surface area contributed by atoms with E-state index in [0.717, 1.165) is 8.95 Å². The summed E-state index contributed by atoms with van der Waals surface area (Å²) in [5.74, 6) is -0.117. The Hall–Kier alpha value is -0.390. The minimum absolute atomic E-state index is 0.117. The zero-order valence-corrected chi connectivity index (χ0v) is 12.2. The van der Waals surface area contributed by atoms with Crippen molar-refractivity contribution in [1.82, 2.24) is 4.90 Å². The molecule has 0 heterocycles. The quantitative estimate of drug-likeness (QED) is 0.910. The molecule has 16 heavy (non-hydrogen) atoms. The molecule has 0 aliphatic carbocycles. The number of likely N-dealkylation sites (N-methyl/N-ethyl adjacent to an activating group) is 1. The third kappa shape index (κ3) is 3.57. The van der Waals surface area contributed by atoms with Crippen molar-refractivity contribution in [2.75, 3.05) is 13.6 Å². The molecule has 1 aromatic rings. The fourth-order valence-electron chi connectivity index (χ4n) is 1.35. The molecule has 1 rings (SSSR count). The molecule has 0 aliphatic rings. The molecule has 88 valence electrons. The summed E-state index contributed by atoms with van der Waals surface area (Å²) in [6, 6.07) is 5.42. The third-order valence-corrected chi connectivity index (χ3v) is 3.23. The summed E-state index contributed by atoms with van der Waals surface area (Å²) in [5.41, 5.74) is 0.581. The number of aliphatic hydroxyl groups is 1. The molecule has 0 spiro atoms. The lowest BCUT2D eigenvalue weighted by atomic mass is 10.2. The molecular formula is C11H13Br2NO2. The van der Waals surface area contributed by atoms with E-state index in [1.165, 1.54) is 4.90 Å². The van der Waals surface area contributed by atoms with Crippen molar-refractivity contribution in [2.24, 2.45) is 0 Å².